The number of fused-ring (bicyclic) bond motifs is 3. The van der Waals surface area contributed by atoms with Crippen LogP contribution in [0.1, 0.15) is 29.7 Å². The van der Waals surface area contributed by atoms with Gasteiger partial charge in [0.2, 0.25) is 5.91 Å². The van der Waals surface area contributed by atoms with Gasteiger partial charge in [-0.1, -0.05) is 35.9 Å². The largest absolute Gasteiger partial charge is 0.494 e. The second-order valence-electron chi connectivity index (χ2n) is 7.27. The van der Waals surface area contributed by atoms with Crippen molar-refractivity contribution >= 4 is 16.8 Å². The van der Waals surface area contributed by atoms with Crippen molar-refractivity contribution in [2.75, 3.05) is 19.7 Å². The quantitative estimate of drug-likeness (QED) is 0.689. The number of carbonyl (C=O) groups excluding carboxylic acids is 1. The standard InChI is InChI=1S/C23H26N2O2/c1-17-8-10-18(11-9-17)27-16-4-7-23(26)25-14-12-20-19-5-2-3-6-21(19)24-22(20)13-15-25/h2-3,5-6,8-11,24H,4,7,12-16H2,1H3. The number of H-pyrrole nitrogens is 1. The van der Waals surface area contributed by atoms with Crippen LogP contribution in [0, 0.1) is 6.92 Å². The number of benzene rings is 2. The first-order chi connectivity index (χ1) is 13.2. The smallest absolute Gasteiger partial charge is 0.222 e. The fourth-order valence-corrected chi connectivity index (χ4v) is 3.82. The van der Waals surface area contributed by atoms with Gasteiger partial charge in [0.1, 0.15) is 5.75 Å². The Hall–Kier alpha value is -2.75. The van der Waals surface area contributed by atoms with Crippen molar-refractivity contribution in [3.8, 4) is 5.75 Å². The van der Waals surface area contributed by atoms with Crippen LogP contribution in [0.3, 0.4) is 0 Å². The maximum Gasteiger partial charge on any atom is 0.222 e. The van der Waals surface area contributed by atoms with E-state index in [-0.39, 0.29) is 5.91 Å². The molecule has 140 valence electrons. The summed E-state index contributed by atoms with van der Waals surface area (Å²) in [5.74, 6) is 1.10. The minimum Gasteiger partial charge on any atom is -0.494 e. The Kier molecular flexibility index (Phi) is 5.14. The van der Waals surface area contributed by atoms with E-state index in [0.717, 1.165) is 38.1 Å². The predicted molar refractivity (Wildman–Crippen MR) is 108 cm³/mol. The third-order valence-corrected chi connectivity index (χ3v) is 5.34. The van der Waals surface area contributed by atoms with Crippen LogP contribution in [0.2, 0.25) is 0 Å². The Morgan fingerprint density at radius 1 is 1.07 bits per heavy atom. The van der Waals surface area contributed by atoms with Gasteiger partial charge in [0.25, 0.3) is 0 Å². The van der Waals surface area contributed by atoms with Crippen LogP contribution in [0.5, 0.6) is 5.75 Å². The van der Waals surface area contributed by atoms with E-state index in [4.69, 9.17) is 4.74 Å². The molecule has 1 aromatic heterocycles. The average Bonchev–Trinajstić information content (AvgIpc) is 2.90. The van der Waals surface area contributed by atoms with Gasteiger partial charge in [-0.05, 0) is 43.5 Å². The zero-order chi connectivity index (χ0) is 18.6. The van der Waals surface area contributed by atoms with Gasteiger partial charge in [-0.2, -0.15) is 0 Å². The molecule has 4 nitrogen and oxygen atoms in total. The lowest BCUT2D eigenvalue weighted by Crippen LogP contribution is -2.33. The number of carbonyl (C=O) groups is 1. The zero-order valence-electron chi connectivity index (χ0n) is 15.8. The molecule has 0 aliphatic carbocycles. The van der Waals surface area contributed by atoms with Crippen molar-refractivity contribution in [1.82, 2.24) is 9.88 Å². The fourth-order valence-electron chi connectivity index (χ4n) is 3.82. The van der Waals surface area contributed by atoms with Gasteiger partial charge in [0.05, 0.1) is 6.61 Å². The van der Waals surface area contributed by atoms with E-state index >= 15 is 0 Å². The lowest BCUT2D eigenvalue weighted by molar-refractivity contribution is -0.131. The van der Waals surface area contributed by atoms with E-state index in [1.165, 1.54) is 27.7 Å². The Morgan fingerprint density at radius 3 is 2.70 bits per heavy atom. The molecule has 0 unspecified atom stereocenters. The number of rotatable bonds is 5. The maximum absolute atomic E-state index is 12.6. The number of aromatic amines is 1. The molecule has 2 aromatic carbocycles. The molecule has 1 N–H and O–H groups in total. The third kappa shape index (κ3) is 4.00. The van der Waals surface area contributed by atoms with Crippen LogP contribution in [0.4, 0.5) is 0 Å². The number of hydrogen-bond donors (Lipinski definition) is 1. The van der Waals surface area contributed by atoms with Crippen LogP contribution in [-0.2, 0) is 17.6 Å². The molecule has 0 radical (unpaired) electrons. The highest BCUT2D eigenvalue weighted by molar-refractivity contribution is 5.85. The summed E-state index contributed by atoms with van der Waals surface area (Å²) in [6, 6.07) is 16.5. The molecule has 0 atom stereocenters. The third-order valence-electron chi connectivity index (χ3n) is 5.34. The minimum atomic E-state index is 0.233. The van der Waals surface area contributed by atoms with Crippen molar-refractivity contribution in [2.45, 2.75) is 32.6 Å². The average molecular weight is 362 g/mol. The number of nitrogens with one attached hydrogen (secondary N) is 1. The van der Waals surface area contributed by atoms with Crippen LogP contribution < -0.4 is 4.74 Å². The minimum absolute atomic E-state index is 0.233. The van der Waals surface area contributed by atoms with E-state index in [0.29, 0.717) is 13.0 Å². The van der Waals surface area contributed by atoms with Crippen LogP contribution in [-0.4, -0.2) is 35.5 Å². The first-order valence-electron chi connectivity index (χ1n) is 9.76. The predicted octanol–water partition coefficient (Wildman–Crippen LogP) is 4.26. The number of para-hydroxylation sites is 1. The normalized spacial score (nSPS) is 14.0. The number of nitrogens with zero attached hydrogens (tertiary/aromatic N) is 1. The maximum atomic E-state index is 12.6. The Bertz CT molecular complexity index is 927. The Balaban J connectivity index is 1.28. The molecule has 1 aliphatic rings. The fraction of sp³-hybridized carbons (Fsp3) is 0.348. The number of aromatic nitrogens is 1. The van der Waals surface area contributed by atoms with Gasteiger partial charge in [-0.3, -0.25) is 4.79 Å². The molecule has 27 heavy (non-hydrogen) atoms. The van der Waals surface area contributed by atoms with Gasteiger partial charge in [0.15, 0.2) is 0 Å². The van der Waals surface area contributed by atoms with Crippen molar-refractivity contribution < 1.29 is 9.53 Å². The lowest BCUT2D eigenvalue weighted by Gasteiger charge is -2.20. The number of amides is 1. The summed E-state index contributed by atoms with van der Waals surface area (Å²) < 4.78 is 5.73. The van der Waals surface area contributed by atoms with E-state index in [9.17, 15) is 4.79 Å². The highest BCUT2D eigenvalue weighted by Gasteiger charge is 2.20. The van der Waals surface area contributed by atoms with E-state index in [1.54, 1.807) is 0 Å². The van der Waals surface area contributed by atoms with Crippen LogP contribution in [0.15, 0.2) is 48.5 Å². The van der Waals surface area contributed by atoms with E-state index in [1.807, 2.05) is 29.2 Å². The van der Waals surface area contributed by atoms with E-state index < -0.39 is 0 Å². The Morgan fingerprint density at radius 2 is 1.85 bits per heavy atom. The van der Waals surface area contributed by atoms with E-state index in [2.05, 4.69) is 36.2 Å². The summed E-state index contributed by atoms with van der Waals surface area (Å²) in [5.41, 5.74) is 5.09. The Labute approximate surface area is 160 Å². The first-order valence-corrected chi connectivity index (χ1v) is 9.76. The highest BCUT2D eigenvalue weighted by Crippen LogP contribution is 2.25. The van der Waals surface area contributed by atoms with Crippen molar-refractivity contribution in [1.29, 1.82) is 0 Å². The first kappa shape index (κ1) is 17.7. The summed E-state index contributed by atoms with van der Waals surface area (Å²) in [5, 5.41) is 1.30. The number of hydrogen-bond acceptors (Lipinski definition) is 2. The second-order valence-corrected chi connectivity index (χ2v) is 7.27. The summed E-state index contributed by atoms with van der Waals surface area (Å²) in [7, 11) is 0. The molecule has 0 saturated heterocycles. The molecule has 0 saturated carbocycles. The molecule has 4 rings (SSSR count). The van der Waals surface area contributed by atoms with Crippen molar-refractivity contribution in [3.05, 3.63) is 65.4 Å². The summed E-state index contributed by atoms with van der Waals surface area (Å²) in [6.07, 6.45) is 3.11. The molecule has 2 heterocycles. The summed E-state index contributed by atoms with van der Waals surface area (Å²) >= 11 is 0. The molecule has 1 amide bonds. The number of aryl methyl sites for hydroxylation is 1. The van der Waals surface area contributed by atoms with Gasteiger partial charge in [0, 0.05) is 42.5 Å². The van der Waals surface area contributed by atoms with Gasteiger partial charge in [-0.15, -0.1) is 0 Å². The molecule has 0 bridgehead atoms. The highest BCUT2D eigenvalue weighted by atomic mass is 16.5. The van der Waals surface area contributed by atoms with Crippen molar-refractivity contribution in [3.63, 3.8) is 0 Å². The zero-order valence-corrected chi connectivity index (χ0v) is 15.8. The molecule has 3 aromatic rings. The lowest BCUT2D eigenvalue weighted by atomic mass is 10.1. The molecule has 0 spiro atoms. The monoisotopic (exact) mass is 362 g/mol. The molecular formula is C23H26N2O2. The topological polar surface area (TPSA) is 45.3 Å². The van der Waals surface area contributed by atoms with Gasteiger partial charge < -0.3 is 14.6 Å². The van der Waals surface area contributed by atoms with Gasteiger partial charge >= 0.3 is 0 Å². The SMILES string of the molecule is Cc1ccc(OCCCC(=O)N2CCc3[nH]c4ccccc4c3CC2)cc1. The summed E-state index contributed by atoms with van der Waals surface area (Å²) in [6.45, 7) is 4.22. The molecule has 4 heteroatoms. The van der Waals surface area contributed by atoms with Crippen LogP contribution >= 0.6 is 0 Å². The molecule has 1 aliphatic heterocycles. The van der Waals surface area contributed by atoms with Crippen molar-refractivity contribution in [2.24, 2.45) is 0 Å². The molecule has 0 fully saturated rings. The van der Waals surface area contributed by atoms with Gasteiger partial charge in [-0.25, -0.2) is 0 Å². The summed E-state index contributed by atoms with van der Waals surface area (Å²) in [4.78, 5) is 18.1. The number of ether oxygens (including phenoxy) is 1. The molecular weight excluding hydrogens is 336 g/mol. The second kappa shape index (κ2) is 7.87. The van der Waals surface area contributed by atoms with Crippen LogP contribution in [0.25, 0.3) is 10.9 Å².